The van der Waals surface area contributed by atoms with Gasteiger partial charge in [0, 0.05) is 19.3 Å². The molecule has 0 bridgehead atoms. The van der Waals surface area contributed by atoms with Crippen LogP contribution in [-0.4, -0.2) is 37.2 Å². The van der Waals surface area contributed by atoms with Crippen LogP contribution in [0.2, 0.25) is 0 Å². The van der Waals surface area contributed by atoms with E-state index >= 15 is 0 Å². The van der Waals surface area contributed by atoms with Crippen LogP contribution in [-0.2, 0) is 28.6 Å². The van der Waals surface area contributed by atoms with Crippen molar-refractivity contribution >= 4 is 17.9 Å². The Labute approximate surface area is 471 Å². The van der Waals surface area contributed by atoms with Crippen molar-refractivity contribution in [2.75, 3.05) is 13.2 Å². The molecule has 0 radical (unpaired) electrons. The van der Waals surface area contributed by atoms with Crippen molar-refractivity contribution in [2.45, 2.75) is 219 Å². The summed E-state index contributed by atoms with van der Waals surface area (Å²) in [6.45, 7) is 6.22. The summed E-state index contributed by atoms with van der Waals surface area (Å²) in [5.41, 5.74) is 0. The lowest BCUT2D eigenvalue weighted by molar-refractivity contribution is -0.167. The number of hydrogen-bond acceptors (Lipinski definition) is 6. The third-order valence-electron chi connectivity index (χ3n) is 11.6. The largest absolute Gasteiger partial charge is 0.462 e. The maximum atomic E-state index is 12.8. The van der Waals surface area contributed by atoms with Gasteiger partial charge >= 0.3 is 17.9 Å². The van der Waals surface area contributed by atoms with Crippen LogP contribution in [0.4, 0.5) is 0 Å². The van der Waals surface area contributed by atoms with Crippen LogP contribution >= 0.6 is 0 Å². The van der Waals surface area contributed by atoms with E-state index in [0.717, 1.165) is 161 Å². The molecular formula is C71H106O6. The molecule has 0 aliphatic carbocycles. The van der Waals surface area contributed by atoms with E-state index < -0.39 is 6.10 Å². The van der Waals surface area contributed by atoms with Gasteiger partial charge in [-0.3, -0.25) is 14.4 Å². The molecule has 0 aromatic carbocycles. The highest BCUT2D eigenvalue weighted by Crippen LogP contribution is 2.11. The van der Waals surface area contributed by atoms with Crippen LogP contribution in [0.3, 0.4) is 0 Å². The van der Waals surface area contributed by atoms with Crippen LogP contribution in [0.25, 0.3) is 0 Å². The number of rotatable bonds is 51. The molecule has 6 nitrogen and oxygen atoms in total. The predicted octanol–water partition coefficient (Wildman–Crippen LogP) is 20.6. The molecule has 0 rings (SSSR count). The first-order valence-corrected chi connectivity index (χ1v) is 29.9. The second-order valence-electron chi connectivity index (χ2n) is 18.8. The van der Waals surface area contributed by atoms with Gasteiger partial charge in [0.15, 0.2) is 6.10 Å². The summed E-state index contributed by atoms with van der Waals surface area (Å²) in [5, 5.41) is 0. The van der Waals surface area contributed by atoms with E-state index in [1.807, 2.05) is 0 Å². The highest BCUT2D eigenvalue weighted by Gasteiger charge is 2.19. The number of allylic oxidation sites excluding steroid dienone is 32. The minimum Gasteiger partial charge on any atom is -0.462 e. The quantitative estimate of drug-likeness (QED) is 0.0261. The summed E-state index contributed by atoms with van der Waals surface area (Å²) in [6.07, 6.45) is 96.2. The smallest absolute Gasteiger partial charge is 0.306 e. The lowest BCUT2D eigenvalue weighted by Gasteiger charge is -2.18. The maximum Gasteiger partial charge on any atom is 0.306 e. The third kappa shape index (κ3) is 61.0. The fourth-order valence-electron chi connectivity index (χ4n) is 7.18. The molecule has 0 aromatic rings. The zero-order valence-electron chi connectivity index (χ0n) is 48.6. The molecule has 0 saturated carbocycles. The molecule has 0 N–H and O–H groups in total. The van der Waals surface area contributed by atoms with Crippen molar-refractivity contribution in [3.8, 4) is 0 Å². The summed E-state index contributed by atoms with van der Waals surface area (Å²) in [6, 6.07) is 0. The summed E-state index contributed by atoms with van der Waals surface area (Å²) in [7, 11) is 0. The summed E-state index contributed by atoms with van der Waals surface area (Å²) >= 11 is 0. The Morgan fingerprint density at radius 2 is 0.506 bits per heavy atom. The highest BCUT2D eigenvalue weighted by atomic mass is 16.6. The van der Waals surface area contributed by atoms with Gasteiger partial charge in [-0.2, -0.15) is 0 Å². The number of esters is 3. The standard InChI is InChI=1S/C71H106O6/c1-4-7-10-13-15-17-19-21-23-25-27-29-30-31-32-33-34-35-36-37-38-39-40-42-43-45-47-49-51-53-55-58-61-64-70(73)76-67-68(66-75-69(72)63-60-57-12-9-6-3)77-71(74)65-62-59-56-54-52-50-48-46-44-41-28-26-24-22-20-18-16-14-11-8-5-2/h7-8,10-11,15-18,21-24,27-29,31-32,34-35,37-38,40-42,45-48,51-54,68H,4-6,9,12-14,19-20,25-26,30,33,36,39,43-44,49-50,55-67H2,1-3H3/b10-7-,11-8-,17-15-,18-16-,23-21-,24-22-,29-27-,32-31-,35-34-,38-37-,41-28-,42-40-,47-45-,48-46-,53-51-,54-52-. The van der Waals surface area contributed by atoms with Gasteiger partial charge in [-0.25, -0.2) is 0 Å². The van der Waals surface area contributed by atoms with Crippen molar-refractivity contribution in [3.63, 3.8) is 0 Å². The topological polar surface area (TPSA) is 78.9 Å². The zero-order chi connectivity index (χ0) is 55.7. The number of hydrogen-bond donors (Lipinski definition) is 0. The molecule has 0 fully saturated rings. The van der Waals surface area contributed by atoms with E-state index in [1.54, 1.807) is 0 Å². The number of ether oxygens (including phenoxy) is 3. The molecule has 0 amide bonds. The molecule has 77 heavy (non-hydrogen) atoms. The van der Waals surface area contributed by atoms with Gasteiger partial charge in [-0.15, -0.1) is 0 Å². The third-order valence-corrected chi connectivity index (χ3v) is 11.6. The second-order valence-corrected chi connectivity index (χ2v) is 18.8. The molecular weight excluding hydrogens is 949 g/mol. The van der Waals surface area contributed by atoms with Crippen LogP contribution in [0.1, 0.15) is 213 Å². The SMILES string of the molecule is CC/C=C\C/C=C\C/C=C\C/C=C\C/C=C\C/C=C\C/C=C\C/C=C\C/C=C\C/C=C\CCCCC(=O)OCC(COC(=O)CCCCCCC)OC(=O)CCCC/C=C\C/C=C\C/C=C\C/C=C\C/C=C\C/C=C\CC. The molecule has 0 aliphatic rings. The summed E-state index contributed by atoms with van der Waals surface area (Å²) in [4.78, 5) is 37.8. The molecule has 1 unspecified atom stereocenters. The predicted molar refractivity (Wildman–Crippen MR) is 334 cm³/mol. The Kier molecular flexibility index (Phi) is 58.1. The first-order chi connectivity index (χ1) is 38.0. The van der Waals surface area contributed by atoms with Gasteiger partial charge in [0.25, 0.3) is 0 Å². The van der Waals surface area contributed by atoms with Crippen LogP contribution < -0.4 is 0 Å². The lowest BCUT2D eigenvalue weighted by atomic mass is 10.1. The molecule has 0 spiro atoms. The van der Waals surface area contributed by atoms with E-state index in [4.69, 9.17) is 14.2 Å². The molecule has 0 heterocycles. The number of carbonyl (C=O) groups is 3. The average Bonchev–Trinajstić information content (AvgIpc) is 3.43. The molecule has 0 aliphatic heterocycles. The highest BCUT2D eigenvalue weighted by molar-refractivity contribution is 5.71. The van der Waals surface area contributed by atoms with E-state index in [1.165, 1.54) is 0 Å². The van der Waals surface area contributed by atoms with Crippen molar-refractivity contribution in [3.05, 3.63) is 194 Å². The number of carbonyl (C=O) groups excluding carboxylic acids is 3. The zero-order valence-corrected chi connectivity index (χ0v) is 48.6. The van der Waals surface area contributed by atoms with E-state index in [9.17, 15) is 14.4 Å². The number of unbranched alkanes of at least 4 members (excludes halogenated alkanes) is 8. The van der Waals surface area contributed by atoms with Gasteiger partial charge in [0.1, 0.15) is 13.2 Å². The second kappa shape index (κ2) is 62.8. The summed E-state index contributed by atoms with van der Waals surface area (Å²) < 4.78 is 16.6. The minimum atomic E-state index is -0.827. The molecule has 426 valence electrons. The van der Waals surface area contributed by atoms with Gasteiger partial charge in [0.05, 0.1) is 0 Å². The monoisotopic (exact) mass is 1050 g/mol. The normalized spacial score (nSPS) is 13.5. The van der Waals surface area contributed by atoms with Crippen LogP contribution in [0, 0.1) is 0 Å². The summed E-state index contributed by atoms with van der Waals surface area (Å²) in [5.74, 6) is -1.04. The fraction of sp³-hybridized carbons (Fsp3) is 0.507. The van der Waals surface area contributed by atoms with E-state index in [2.05, 4.69) is 215 Å². The molecule has 0 saturated heterocycles. The first-order valence-electron chi connectivity index (χ1n) is 29.9. The Hall–Kier alpha value is -5.75. The lowest BCUT2D eigenvalue weighted by Crippen LogP contribution is -2.30. The van der Waals surface area contributed by atoms with Crippen molar-refractivity contribution in [1.82, 2.24) is 0 Å². The molecule has 6 heteroatoms. The van der Waals surface area contributed by atoms with Crippen LogP contribution in [0.5, 0.6) is 0 Å². The Morgan fingerprint density at radius 3 is 0.779 bits per heavy atom. The Morgan fingerprint density at radius 1 is 0.273 bits per heavy atom. The van der Waals surface area contributed by atoms with Crippen molar-refractivity contribution < 1.29 is 28.6 Å². The van der Waals surface area contributed by atoms with Crippen molar-refractivity contribution in [1.29, 1.82) is 0 Å². The van der Waals surface area contributed by atoms with Gasteiger partial charge < -0.3 is 14.2 Å². The first kappa shape index (κ1) is 71.2. The van der Waals surface area contributed by atoms with E-state index in [0.29, 0.717) is 19.3 Å². The minimum absolute atomic E-state index is 0.120. The Balaban J connectivity index is 4.29. The van der Waals surface area contributed by atoms with E-state index in [-0.39, 0.29) is 44.0 Å². The van der Waals surface area contributed by atoms with Crippen LogP contribution in [0.15, 0.2) is 194 Å². The molecule has 0 aromatic heterocycles. The molecule has 1 atom stereocenters. The maximum absolute atomic E-state index is 12.8. The fourth-order valence-corrected chi connectivity index (χ4v) is 7.18. The van der Waals surface area contributed by atoms with Gasteiger partial charge in [-0.05, 0) is 148 Å². The van der Waals surface area contributed by atoms with Crippen molar-refractivity contribution in [2.24, 2.45) is 0 Å². The average molecular weight is 1060 g/mol. The Bertz CT molecular complexity index is 1880. The van der Waals surface area contributed by atoms with Gasteiger partial charge in [-0.1, -0.05) is 241 Å². The van der Waals surface area contributed by atoms with Gasteiger partial charge in [0.2, 0.25) is 0 Å².